The lowest BCUT2D eigenvalue weighted by atomic mass is 9.96. The molecule has 0 unspecified atom stereocenters. The smallest absolute Gasteiger partial charge is 0.255 e. The van der Waals surface area contributed by atoms with E-state index in [4.69, 9.17) is 5.73 Å². The fourth-order valence-corrected chi connectivity index (χ4v) is 1.68. The molecule has 1 aromatic carbocycles. The highest BCUT2D eigenvalue weighted by atomic mass is 35.5. The lowest BCUT2D eigenvalue weighted by Crippen LogP contribution is -2.34. The van der Waals surface area contributed by atoms with Gasteiger partial charge in [-0.1, -0.05) is 32.9 Å². The number of anilines is 1. The lowest BCUT2D eigenvalue weighted by molar-refractivity contribution is 0.0746. The zero-order chi connectivity index (χ0) is 12.3. The van der Waals surface area contributed by atoms with Crippen LogP contribution >= 0.6 is 12.4 Å². The topological polar surface area (TPSA) is 46.3 Å². The zero-order valence-corrected chi connectivity index (χ0v) is 11.7. The van der Waals surface area contributed by atoms with Gasteiger partial charge in [0.05, 0.1) is 5.56 Å². The van der Waals surface area contributed by atoms with Gasteiger partial charge in [0.1, 0.15) is 0 Å². The van der Waals surface area contributed by atoms with Crippen molar-refractivity contribution in [2.75, 3.05) is 19.3 Å². The van der Waals surface area contributed by atoms with Crippen molar-refractivity contribution in [1.82, 2.24) is 4.90 Å². The summed E-state index contributed by atoms with van der Waals surface area (Å²) in [7, 11) is 1.81. The molecule has 96 valence electrons. The summed E-state index contributed by atoms with van der Waals surface area (Å²) in [5.41, 5.74) is 6.98. The first-order valence-electron chi connectivity index (χ1n) is 5.41. The van der Waals surface area contributed by atoms with Crippen molar-refractivity contribution < 1.29 is 4.79 Å². The van der Waals surface area contributed by atoms with E-state index in [2.05, 4.69) is 20.8 Å². The summed E-state index contributed by atoms with van der Waals surface area (Å²) in [6.07, 6.45) is 0. The van der Waals surface area contributed by atoms with E-state index in [1.165, 1.54) is 0 Å². The number of halogens is 1. The molecule has 0 aliphatic rings. The predicted octanol–water partition coefficient (Wildman–Crippen LogP) is 2.81. The molecule has 0 heterocycles. The number of rotatable bonds is 2. The summed E-state index contributed by atoms with van der Waals surface area (Å²) >= 11 is 0. The minimum absolute atomic E-state index is 0. The van der Waals surface area contributed by atoms with Crippen molar-refractivity contribution in [1.29, 1.82) is 0 Å². The van der Waals surface area contributed by atoms with Crippen LogP contribution in [0.4, 0.5) is 5.69 Å². The molecule has 2 N–H and O–H groups in total. The summed E-state index contributed by atoms with van der Waals surface area (Å²) in [6.45, 7) is 7.02. The molecule has 0 radical (unpaired) electrons. The van der Waals surface area contributed by atoms with E-state index >= 15 is 0 Å². The Balaban J connectivity index is 0.00000256. The van der Waals surface area contributed by atoms with Crippen LogP contribution in [0.15, 0.2) is 24.3 Å². The SMILES string of the molecule is CN(CC(C)(C)C)C(=O)c1ccccc1N.Cl. The Bertz CT molecular complexity index is 385. The fraction of sp³-hybridized carbons (Fsp3) is 0.462. The number of nitrogen functional groups attached to an aromatic ring is 1. The first-order chi connectivity index (χ1) is 7.31. The normalized spacial score (nSPS) is 10.6. The molecule has 1 amide bonds. The van der Waals surface area contributed by atoms with Gasteiger partial charge in [-0.15, -0.1) is 12.4 Å². The van der Waals surface area contributed by atoms with E-state index in [1.54, 1.807) is 24.1 Å². The van der Waals surface area contributed by atoms with Crippen LogP contribution in [0.1, 0.15) is 31.1 Å². The van der Waals surface area contributed by atoms with Crippen LogP contribution in [0.2, 0.25) is 0 Å². The molecule has 0 aliphatic carbocycles. The molecule has 4 heteroatoms. The second kappa shape index (κ2) is 5.92. The minimum atomic E-state index is -0.0203. The minimum Gasteiger partial charge on any atom is -0.398 e. The molecule has 0 saturated heterocycles. The van der Waals surface area contributed by atoms with Crippen molar-refractivity contribution in [3.05, 3.63) is 29.8 Å². The third-order valence-corrected chi connectivity index (χ3v) is 2.25. The first kappa shape index (κ1) is 15.8. The van der Waals surface area contributed by atoms with E-state index < -0.39 is 0 Å². The van der Waals surface area contributed by atoms with Crippen molar-refractivity contribution in [2.24, 2.45) is 5.41 Å². The van der Waals surface area contributed by atoms with Gasteiger partial charge < -0.3 is 10.6 Å². The molecule has 1 aromatic rings. The number of nitrogens with zero attached hydrogens (tertiary/aromatic N) is 1. The Hall–Kier alpha value is -1.22. The van der Waals surface area contributed by atoms with E-state index in [0.717, 1.165) is 0 Å². The molecule has 0 aliphatic heterocycles. The van der Waals surface area contributed by atoms with Gasteiger partial charge >= 0.3 is 0 Å². The highest BCUT2D eigenvalue weighted by Gasteiger charge is 2.19. The van der Waals surface area contributed by atoms with E-state index in [9.17, 15) is 4.79 Å². The Morgan fingerprint density at radius 2 is 1.82 bits per heavy atom. The number of amides is 1. The molecule has 0 bridgehead atoms. The standard InChI is InChI=1S/C13H20N2O.ClH/c1-13(2,3)9-15(4)12(16)10-7-5-6-8-11(10)14;/h5-8H,9,14H2,1-4H3;1H. The van der Waals surface area contributed by atoms with Crippen LogP contribution in [0.3, 0.4) is 0 Å². The fourth-order valence-electron chi connectivity index (χ4n) is 1.68. The highest BCUT2D eigenvalue weighted by molar-refractivity contribution is 5.98. The first-order valence-corrected chi connectivity index (χ1v) is 5.41. The van der Waals surface area contributed by atoms with E-state index in [1.807, 2.05) is 12.1 Å². The summed E-state index contributed by atoms with van der Waals surface area (Å²) in [5.74, 6) is -0.0203. The monoisotopic (exact) mass is 256 g/mol. The van der Waals surface area contributed by atoms with Crippen LogP contribution in [-0.2, 0) is 0 Å². The lowest BCUT2D eigenvalue weighted by Gasteiger charge is -2.27. The van der Waals surface area contributed by atoms with Gasteiger partial charge in [-0.2, -0.15) is 0 Å². The van der Waals surface area contributed by atoms with Crippen molar-refractivity contribution >= 4 is 24.0 Å². The molecular formula is C13H21ClN2O. The molecule has 3 nitrogen and oxygen atoms in total. The van der Waals surface area contributed by atoms with Gasteiger partial charge in [-0.25, -0.2) is 0 Å². The summed E-state index contributed by atoms with van der Waals surface area (Å²) in [4.78, 5) is 13.8. The molecule has 0 fully saturated rings. The predicted molar refractivity (Wildman–Crippen MR) is 74.5 cm³/mol. The number of carbonyl (C=O) groups excluding carboxylic acids is 1. The second-order valence-electron chi connectivity index (χ2n) is 5.31. The number of para-hydroxylation sites is 1. The van der Waals surface area contributed by atoms with Crippen LogP contribution in [0.5, 0.6) is 0 Å². The number of nitrogens with two attached hydrogens (primary N) is 1. The Kier molecular flexibility index (Phi) is 5.49. The molecule has 0 atom stereocenters. The summed E-state index contributed by atoms with van der Waals surface area (Å²) in [5, 5.41) is 0. The van der Waals surface area contributed by atoms with Gasteiger partial charge in [0.2, 0.25) is 0 Å². The third kappa shape index (κ3) is 4.65. The maximum absolute atomic E-state index is 12.1. The molecule has 0 saturated carbocycles. The number of hydrogen-bond donors (Lipinski definition) is 1. The van der Waals surface area contributed by atoms with E-state index in [0.29, 0.717) is 17.8 Å². The summed E-state index contributed by atoms with van der Waals surface area (Å²) in [6, 6.07) is 7.17. The third-order valence-electron chi connectivity index (χ3n) is 2.25. The molecule has 17 heavy (non-hydrogen) atoms. The Morgan fingerprint density at radius 3 is 2.29 bits per heavy atom. The van der Waals surface area contributed by atoms with Gasteiger partial charge in [0.25, 0.3) is 5.91 Å². The maximum Gasteiger partial charge on any atom is 0.255 e. The van der Waals surface area contributed by atoms with Crippen molar-refractivity contribution in [3.63, 3.8) is 0 Å². The average Bonchev–Trinajstić information content (AvgIpc) is 2.15. The van der Waals surface area contributed by atoms with Gasteiger partial charge in [0, 0.05) is 19.3 Å². The van der Waals surface area contributed by atoms with Crippen LogP contribution in [0.25, 0.3) is 0 Å². The van der Waals surface area contributed by atoms with Crippen LogP contribution < -0.4 is 5.73 Å². The number of carbonyl (C=O) groups is 1. The number of benzene rings is 1. The quantitative estimate of drug-likeness (QED) is 0.827. The maximum atomic E-state index is 12.1. The molecular weight excluding hydrogens is 236 g/mol. The van der Waals surface area contributed by atoms with Crippen LogP contribution in [0, 0.1) is 5.41 Å². The Labute approximate surface area is 109 Å². The van der Waals surface area contributed by atoms with Gasteiger partial charge in [-0.05, 0) is 17.5 Å². The molecule has 0 aromatic heterocycles. The van der Waals surface area contributed by atoms with E-state index in [-0.39, 0.29) is 23.7 Å². The summed E-state index contributed by atoms with van der Waals surface area (Å²) < 4.78 is 0. The second-order valence-corrected chi connectivity index (χ2v) is 5.31. The highest BCUT2D eigenvalue weighted by Crippen LogP contribution is 2.18. The van der Waals surface area contributed by atoms with Gasteiger partial charge in [0.15, 0.2) is 0 Å². The number of hydrogen-bond acceptors (Lipinski definition) is 2. The average molecular weight is 257 g/mol. The zero-order valence-electron chi connectivity index (χ0n) is 10.9. The molecule has 1 rings (SSSR count). The Morgan fingerprint density at radius 1 is 1.29 bits per heavy atom. The van der Waals surface area contributed by atoms with Crippen molar-refractivity contribution in [3.8, 4) is 0 Å². The molecule has 0 spiro atoms. The van der Waals surface area contributed by atoms with Gasteiger partial charge in [-0.3, -0.25) is 4.79 Å². The van der Waals surface area contributed by atoms with Crippen LogP contribution in [-0.4, -0.2) is 24.4 Å². The van der Waals surface area contributed by atoms with Crippen molar-refractivity contribution in [2.45, 2.75) is 20.8 Å². The largest absolute Gasteiger partial charge is 0.398 e.